The van der Waals surface area contributed by atoms with E-state index in [4.69, 9.17) is 29.0 Å². The SMILES string of the molecule is COC(=O)[C@@H](OC(C)(C)C)c1c(C)nc2cc3nn2c1-c1ccc(C)c(c1)OCCCC(C)CCOc1cc(F)ccc1-c1cccc-3c1. The molecule has 3 heterocycles. The molecule has 8 nitrogen and oxygen atoms in total. The van der Waals surface area contributed by atoms with Crippen LogP contribution >= 0.6 is 0 Å². The van der Waals surface area contributed by atoms with Crippen LogP contribution in [0.25, 0.3) is 39.3 Å². The molecule has 6 rings (SSSR count). The first-order valence-electron chi connectivity index (χ1n) is 16.8. The van der Waals surface area contributed by atoms with Crippen LogP contribution in [0.3, 0.4) is 0 Å². The van der Waals surface area contributed by atoms with Gasteiger partial charge in [0.1, 0.15) is 17.3 Å². The van der Waals surface area contributed by atoms with Crippen molar-refractivity contribution in [3.8, 4) is 45.1 Å². The van der Waals surface area contributed by atoms with Crippen LogP contribution in [0.2, 0.25) is 0 Å². The molecule has 1 aliphatic rings. The van der Waals surface area contributed by atoms with Gasteiger partial charge in [-0.3, -0.25) is 0 Å². The van der Waals surface area contributed by atoms with Gasteiger partial charge in [-0.1, -0.05) is 37.3 Å². The lowest BCUT2D eigenvalue weighted by molar-refractivity contribution is -0.164. The number of methoxy groups -OCH3 is 1. The Labute approximate surface area is 287 Å². The number of benzene rings is 3. The summed E-state index contributed by atoms with van der Waals surface area (Å²) in [4.78, 5) is 18.4. The Kier molecular flexibility index (Phi) is 9.75. The number of esters is 1. The third kappa shape index (κ3) is 7.47. The highest BCUT2D eigenvalue weighted by atomic mass is 19.1. The van der Waals surface area contributed by atoms with Crippen LogP contribution in [0.15, 0.2) is 66.7 Å². The summed E-state index contributed by atoms with van der Waals surface area (Å²) in [5.74, 6) is 0.767. The fourth-order valence-corrected chi connectivity index (χ4v) is 6.28. The Morgan fingerprint density at radius 2 is 1.71 bits per heavy atom. The molecule has 1 aliphatic heterocycles. The van der Waals surface area contributed by atoms with Crippen LogP contribution in [-0.2, 0) is 14.3 Å². The number of hydrogen-bond acceptors (Lipinski definition) is 7. The molecule has 0 aliphatic carbocycles. The van der Waals surface area contributed by atoms with Crippen LogP contribution in [0, 0.1) is 25.6 Å². The monoisotopic (exact) mass is 665 g/mol. The van der Waals surface area contributed by atoms with E-state index in [9.17, 15) is 9.18 Å². The number of nitrogens with zero attached hydrogens (tertiary/aromatic N) is 3. The molecule has 256 valence electrons. The molecule has 49 heavy (non-hydrogen) atoms. The first kappa shape index (κ1) is 34.1. The van der Waals surface area contributed by atoms with Gasteiger partial charge in [0.25, 0.3) is 0 Å². The molecule has 0 saturated heterocycles. The normalized spacial score (nSPS) is 16.0. The third-order valence-electron chi connectivity index (χ3n) is 8.82. The molecule has 0 N–H and O–H groups in total. The lowest BCUT2D eigenvalue weighted by Gasteiger charge is -2.28. The second kappa shape index (κ2) is 14.0. The highest BCUT2D eigenvalue weighted by molar-refractivity contribution is 5.83. The van der Waals surface area contributed by atoms with Gasteiger partial charge in [0.05, 0.1) is 37.3 Å². The molecular weight excluding hydrogens is 621 g/mol. The van der Waals surface area contributed by atoms with E-state index < -0.39 is 17.7 Å². The molecule has 9 heteroatoms. The van der Waals surface area contributed by atoms with Gasteiger partial charge in [-0.05, 0) is 95.2 Å². The average molecular weight is 666 g/mol. The summed E-state index contributed by atoms with van der Waals surface area (Å²) < 4.78 is 40.4. The number of carbonyl (C=O) groups is 1. The number of aryl methyl sites for hydroxylation is 2. The summed E-state index contributed by atoms with van der Waals surface area (Å²) in [6.07, 6.45) is 1.58. The molecule has 6 bridgehead atoms. The van der Waals surface area contributed by atoms with Crippen molar-refractivity contribution in [2.24, 2.45) is 5.92 Å². The van der Waals surface area contributed by atoms with E-state index in [1.807, 2.05) is 83.1 Å². The summed E-state index contributed by atoms with van der Waals surface area (Å²) in [6.45, 7) is 12.8. The summed E-state index contributed by atoms with van der Waals surface area (Å²) in [5, 5.41) is 5.09. The molecule has 0 fully saturated rings. The molecular formula is C40H44FN3O5. The van der Waals surface area contributed by atoms with Crippen LogP contribution in [-0.4, -0.2) is 46.5 Å². The van der Waals surface area contributed by atoms with E-state index in [1.165, 1.54) is 19.2 Å². The largest absolute Gasteiger partial charge is 0.493 e. The molecule has 5 aromatic rings. The van der Waals surface area contributed by atoms with Gasteiger partial charge in [-0.2, -0.15) is 5.10 Å². The van der Waals surface area contributed by atoms with Crippen molar-refractivity contribution in [1.29, 1.82) is 0 Å². The van der Waals surface area contributed by atoms with Crippen LogP contribution in [0.5, 0.6) is 11.5 Å². The van der Waals surface area contributed by atoms with Gasteiger partial charge in [0, 0.05) is 40.1 Å². The van der Waals surface area contributed by atoms with Crippen molar-refractivity contribution in [3.05, 3.63) is 89.4 Å². The number of aromatic nitrogens is 3. The van der Waals surface area contributed by atoms with Crippen molar-refractivity contribution in [2.45, 2.75) is 72.5 Å². The number of hydrogen-bond donors (Lipinski definition) is 0. The smallest absolute Gasteiger partial charge is 0.339 e. The Bertz CT molecular complexity index is 2000. The minimum atomic E-state index is -1.07. The van der Waals surface area contributed by atoms with E-state index >= 15 is 0 Å². The van der Waals surface area contributed by atoms with Crippen molar-refractivity contribution in [1.82, 2.24) is 14.6 Å². The minimum Gasteiger partial charge on any atom is -0.493 e. The van der Waals surface area contributed by atoms with E-state index in [0.29, 0.717) is 53.2 Å². The number of fused-ring (bicyclic) bond motifs is 9. The van der Waals surface area contributed by atoms with Crippen LogP contribution < -0.4 is 9.47 Å². The molecule has 0 radical (unpaired) electrons. The standard InChI is InChI=1S/C40H44FN3O5/c1-24-10-9-18-47-33-21-29(14-13-25(33)2)37-36(38(39(45)46-7)49-40(4,5)6)26(3)42-35-23-32(43-44(35)37)28-12-8-11-27(20-28)31-16-15-30(41)22-34(31)48-19-17-24/h8,11-16,20-24,38H,9-10,17-19H2,1-7H3/t24?,38-/m0/s1. The van der Waals surface area contributed by atoms with E-state index in [-0.39, 0.29) is 5.82 Å². The fourth-order valence-electron chi connectivity index (χ4n) is 6.28. The summed E-state index contributed by atoms with van der Waals surface area (Å²) in [5.41, 5.74) is 6.77. The first-order chi connectivity index (χ1) is 23.4. The zero-order valence-corrected chi connectivity index (χ0v) is 29.3. The van der Waals surface area contributed by atoms with Crippen molar-refractivity contribution in [3.63, 3.8) is 0 Å². The maximum atomic E-state index is 14.4. The predicted molar refractivity (Wildman–Crippen MR) is 188 cm³/mol. The number of carbonyl (C=O) groups excluding carboxylic acids is 1. The van der Waals surface area contributed by atoms with Gasteiger partial charge >= 0.3 is 5.97 Å². The molecule has 0 saturated carbocycles. The van der Waals surface area contributed by atoms with Crippen LogP contribution in [0.4, 0.5) is 4.39 Å². The Morgan fingerprint density at radius 1 is 0.939 bits per heavy atom. The van der Waals surface area contributed by atoms with Crippen molar-refractivity contribution < 1.29 is 28.1 Å². The molecule has 2 atom stereocenters. The topological polar surface area (TPSA) is 84.2 Å². The molecule has 3 aromatic carbocycles. The highest BCUT2D eigenvalue weighted by Gasteiger charge is 2.34. The molecule has 2 aromatic heterocycles. The fraction of sp³-hybridized carbons (Fsp3) is 0.375. The summed E-state index contributed by atoms with van der Waals surface area (Å²) in [7, 11) is 1.36. The van der Waals surface area contributed by atoms with Gasteiger partial charge in [0.2, 0.25) is 0 Å². The van der Waals surface area contributed by atoms with Crippen LogP contribution in [0.1, 0.15) is 69.9 Å². The van der Waals surface area contributed by atoms with E-state index in [1.54, 1.807) is 10.6 Å². The zero-order valence-electron chi connectivity index (χ0n) is 29.3. The highest BCUT2D eigenvalue weighted by Crippen LogP contribution is 2.39. The predicted octanol–water partition coefficient (Wildman–Crippen LogP) is 9.09. The van der Waals surface area contributed by atoms with Gasteiger partial charge in [-0.25, -0.2) is 18.7 Å². The maximum absolute atomic E-state index is 14.4. The molecule has 0 spiro atoms. The number of ether oxygens (including phenoxy) is 4. The first-order valence-corrected chi connectivity index (χ1v) is 16.8. The summed E-state index contributed by atoms with van der Waals surface area (Å²) >= 11 is 0. The number of halogens is 1. The van der Waals surface area contributed by atoms with E-state index in [0.717, 1.165) is 52.8 Å². The van der Waals surface area contributed by atoms with E-state index in [2.05, 4.69) is 6.92 Å². The Hall–Kier alpha value is -4.76. The average Bonchev–Trinajstić information content (AvgIpc) is 3.48. The quantitative estimate of drug-likeness (QED) is 0.178. The third-order valence-corrected chi connectivity index (χ3v) is 8.82. The van der Waals surface area contributed by atoms with Crippen molar-refractivity contribution in [2.75, 3.05) is 20.3 Å². The number of rotatable bonds is 3. The second-order valence-corrected chi connectivity index (χ2v) is 13.8. The molecule has 1 unspecified atom stereocenters. The van der Waals surface area contributed by atoms with Crippen molar-refractivity contribution >= 4 is 11.6 Å². The Morgan fingerprint density at radius 3 is 2.49 bits per heavy atom. The lowest BCUT2D eigenvalue weighted by atomic mass is 9.97. The molecule has 0 amide bonds. The Balaban J connectivity index is 1.60. The van der Waals surface area contributed by atoms with Gasteiger partial charge in [-0.15, -0.1) is 0 Å². The summed E-state index contributed by atoms with van der Waals surface area (Å²) in [6, 6.07) is 20.6. The lowest BCUT2D eigenvalue weighted by Crippen LogP contribution is -2.29. The van der Waals surface area contributed by atoms with Gasteiger partial charge in [0.15, 0.2) is 11.8 Å². The zero-order chi connectivity index (χ0) is 34.9. The maximum Gasteiger partial charge on any atom is 0.339 e. The second-order valence-electron chi connectivity index (χ2n) is 13.8. The van der Waals surface area contributed by atoms with Gasteiger partial charge < -0.3 is 18.9 Å². The minimum absolute atomic E-state index is 0.348.